The summed E-state index contributed by atoms with van der Waals surface area (Å²) in [5.41, 5.74) is 12.0. The third-order valence-corrected chi connectivity index (χ3v) is 18.7. The van der Waals surface area contributed by atoms with E-state index in [2.05, 4.69) is 26.2 Å². The normalized spacial score (nSPS) is 20.6. The van der Waals surface area contributed by atoms with E-state index in [9.17, 15) is 38.7 Å². The maximum absolute atomic E-state index is 14.4. The van der Waals surface area contributed by atoms with Crippen LogP contribution in [0, 0.1) is 16.7 Å². The first-order chi connectivity index (χ1) is 47.2. The quantitative estimate of drug-likeness (QED) is 0.00939. The van der Waals surface area contributed by atoms with Crippen LogP contribution < -0.4 is 51.7 Å². The minimum Gasteiger partial charge on any atom is -0.493 e. The number of carbonyl (C=O) groups is 7. The monoisotopic (exact) mass is 1360 g/mol. The number of likely N-dealkylation sites (N-methyl/N-ethyl adjacent to an activating group) is 1. The second kappa shape index (κ2) is 36.2. The van der Waals surface area contributed by atoms with E-state index in [1.807, 2.05) is 37.4 Å². The Morgan fingerprint density at radius 2 is 1.45 bits per heavy atom. The summed E-state index contributed by atoms with van der Waals surface area (Å²) < 4.78 is 50.7. The number of esters is 1. The number of hydrogen-bond acceptors (Lipinski definition) is 20. The molecule has 27 heteroatoms. The number of piperidine rings is 2. The molecule has 1 spiro atoms. The van der Waals surface area contributed by atoms with E-state index in [4.69, 9.17) is 64.9 Å². The number of benzene rings is 4. The second-order valence-electron chi connectivity index (χ2n) is 25.3. The van der Waals surface area contributed by atoms with Crippen LogP contribution >= 0.6 is 0 Å². The highest BCUT2D eigenvalue weighted by molar-refractivity contribution is 6.00. The summed E-state index contributed by atoms with van der Waals surface area (Å²) >= 11 is 0. The highest BCUT2D eigenvalue weighted by atomic mass is 16.6. The van der Waals surface area contributed by atoms with Crippen LogP contribution in [0.5, 0.6) is 23.0 Å². The van der Waals surface area contributed by atoms with Crippen LogP contribution in [0.2, 0.25) is 0 Å². The van der Waals surface area contributed by atoms with Crippen molar-refractivity contribution in [2.45, 2.75) is 132 Å². The van der Waals surface area contributed by atoms with Crippen LogP contribution in [0.1, 0.15) is 117 Å². The van der Waals surface area contributed by atoms with E-state index in [1.165, 1.54) is 6.92 Å². The molecule has 7 atom stereocenters. The van der Waals surface area contributed by atoms with Crippen molar-refractivity contribution < 1.29 is 81.3 Å². The number of carbonyl (C=O) groups excluding carboxylic acids is 7. The van der Waals surface area contributed by atoms with Crippen LogP contribution in [0.25, 0.3) is 10.8 Å². The molecule has 2 unspecified atom stereocenters. The highest BCUT2D eigenvalue weighted by Gasteiger charge is 2.72. The number of nitrogens with zero attached hydrogens (tertiary/aromatic N) is 2. The molecule has 532 valence electrons. The maximum atomic E-state index is 14.4. The first kappa shape index (κ1) is 75.0. The average molecular weight is 1360 g/mol. The highest BCUT2D eigenvalue weighted by Crippen LogP contribution is 2.65. The number of fused-ring (bicyclic) bond motifs is 1. The zero-order chi connectivity index (χ0) is 70.4. The number of nitrogens with two attached hydrogens (primary N) is 2. The molecule has 2 aliphatic carbocycles. The molecular formula is C71H96N10O17. The summed E-state index contributed by atoms with van der Waals surface area (Å²) in [7, 11) is 6.82. The van der Waals surface area contributed by atoms with Crippen molar-refractivity contribution >= 4 is 63.9 Å². The molecule has 9 rings (SSSR count). The smallest absolute Gasteiger partial charge is 0.415 e. The lowest BCUT2D eigenvalue weighted by atomic mass is 9.50. The van der Waals surface area contributed by atoms with E-state index >= 15 is 0 Å². The number of amides is 5. The number of Topliss-reactive ketones (excluding diaryl/α,β-unsaturated/α-hetero) is 1. The molecule has 2 bridgehead atoms. The van der Waals surface area contributed by atoms with Gasteiger partial charge in [0.05, 0.1) is 75.1 Å². The van der Waals surface area contributed by atoms with Gasteiger partial charge in [-0.2, -0.15) is 0 Å². The van der Waals surface area contributed by atoms with E-state index < -0.39 is 59.0 Å². The number of ether oxygens (including phenoxy) is 9. The molecular weight excluding hydrogens is 1260 g/mol. The Labute approximate surface area is 571 Å². The number of nitrogens with one attached hydrogen (secondary N) is 6. The van der Waals surface area contributed by atoms with Crippen molar-refractivity contribution in [2.75, 3.05) is 107 Å². The van der Waals surface area contributed by atoms with E-state index in [-0.39, 0.29) is 74.2 Å². The van der Waals surface area contributed by atoms with Gasteiger partial charge in [0.1, 0.15) is 41.5 Å². The lowest BCUT2D eigenvalue weighted by Crippen LogP contribution is -2.74. The molecule has 3 aliphatic heterocycles. The Balaban J connectivity index is 0.000000283. The number of aliphatic hydroxyl groups is 1. The molecule has 5 amide bonds. The summed E-state index contributed by atoms with van der Waals surface area (Å²) in [5.74, 6) is 0.121. The standard InChI is InChI=1S/C43H63N7O11.C28H33N3O6/c1-26(51)46-25-36(53)48-30(8-5-6-10-35(44)45)40(54)47-24-29-22-27(31(52)9-7-19-59-21-20-57-3)14-17-50(29)41(55)60-33-13-15-43(56)34-23-28-11-12-32(58-4)38-37(28)42(43,39(33)61-38)16-18-49(34)2;1-34-16-17-35-14-3-2-4-26(32)31-13-15-36-24-10-7-20(8-11-24)28(33)37-25-12-9-21-18-23(27(29)30)6-5-22(21)19-25/h11-13,27,29-30,34,39,56H,5-10,14-25H2,1-4H3,(H3,44,45)(H,46,51)(H,47,54)(H,48,53);5-12,18-19H,2-4,13-17H2,1H3,(H3,29,30)(H,31,32)/t27?,29?,30-,34+,39-,42-,43+;/m0./s1. The van der Waals surface area contributed by atoms with Crippen molar-refractivity contribution in [1.29, 1.82) is 10.8 Å². The van der Waals surface area contributed by atoms with Crippen LogP contribution in [0.3, 0.4) is 0 Å². The van der Waals surface area contributed by atoms with Crippen molar-refractivity contribution in [3.63, 3.8) is 0 Å². The molecule has 4 aromatic carbocycles. The summed E-state index contributed by atoms with van der Waals surface area (Å²) in [6, 6.07) is 19.4. The Bertz CT molecular complexity index is 3500. The fraction of sp³-hybridized carbons (Fsp3) is 0.535. The van der Waals surface area contributed by atoms with Crippen LogP contribution in [0.15, 0.2) is 84.6 Å². The number of methoxy groups -OCH3 is 3. The van der Waals surface area contributed by atoms with Gasteiger partial charge in [0.15, 0.2) is 17.6 Å². The summed E-state index contributed by atoms with van der Waals surface area (Å²) in [4.78, 5) is 94.1. The molecule has 27 nitrogen and oxygen atoms in total. The maximum Gasteiger partial charge on any atom is 0.415 e. The largest absolute Gasteiger partial charge is 0.493 e. The lowest BCUT2D eigenvalue weighted by molar-refractivity contribution is -0.163. The molecule has 2 saturated heterocycles. The summed E-state index contributed by atoms with van der Waals surface area (Å²) in [6.45, 7) is 5.59. The topological polar surface area (TPSA) is 377 Å². The molecule has 0 radical (unpaired) electrons. The van der Waals surface area contributed by atoms with E-state index in [1.54, 1.807) is 74.8 Å². The average Bonchev–Trinajstić information content (AvgIpc) is 1.42. The zero-order valence-electron chi connectivity index (χ0n) is 56.8. The molecule has 2 fully saturated rings. The number of rotatable bonds is 36. The minimum atomic E-state index is -1.19. The van der Waals surface area contributed by atoms with Crippen LogP contribution in [0.4, 0.5) is 4.79 Å². The van der Waals surface area contributed by atoms with Gasteiger partial charge in [0.2, 0.25) is 23.6 Å². The number of likely N-dealkylation sites (tertiary alicyclic amines) is 2. The van der Waals surface area contributed by atoms with Gasteiger partial charge in [-0.05, 0) is 142 Å². The SMILES string of the molecule is COCCOCCCC(=O)C1CCN(C(=O)OC2=CC[C@@]3(O)[C@H]4Cc5ccc(OC)c6c5[C@@]3(CCN4C)[C@H]2O6)C(CNC(=O)[C@H](CCCCC(=N)N)NC(=O)CNC(C)=O)C1.COCCOCCCCC(=O)NCCOc1ccc(C(=O)Oc2ccc3cc(C(=N)N)ccc3c2)cc1. The first-order valence-electron chi connectivity index (χ1n) is 33.6. The van der Waals surface area contributed by atoms with Crippen molar-refractivity contribution in [2.24, 2.45) is 17.4 Å². The van der Waals surface area contributed by atoms with Crippen molar-refractivity contribution in [1.82, 2.24) is 31.1 Å². The Morgan fingerprint density at radius 3 is 2.16 bits per heavy atom. The van der Waals surface area contributed by atoms with Gasteiger partial charge in [0.25, 0.3) is 0 Å². The first-order valence-corrected chi connectivity index (χ1v) is 33.6. The van der Waals surface area contributed by atoms with Gasteiger partial charge in [-0.25, -0.2) is 9.59 Å². The van der Waals surface area contributed by atoms with Gasteiger partial charge >= 0.3 is 12.1 Å². The molecule has 11 N–H and O–H groups in total. The fourth-order valence-electron chi connectivity index (χ4n) is 13.5. The Hall–Kier alpha value is -8.73. The van der Waals surface area contributed by atoms with Gasteiger partial charge in [0, 0.05) is 96.2 Å². The van der Waals surface area contributed by atoms with E-state index in [0.29, 0.717) is 157 Å². The Morgan fingerprint density at radius 1 is 0.745 bits per heavy atom. The van der Waals surface area contributed by atoms with Gasteiger partial charge in [-0.3, -0.25) is 34.8 Å². The van der Waals surface area contributed by atoms with Crippen LogP contribution in [-0.4, -0.2) is 205 Å². The zero-order valence-corrected chi connectivity index (χ0v) is 56.8. The molecule has 4 aromatic rings. The van der Waals surface area contributed by atoms with Gasteiger partial charge < -0.3 is 90.3 Å². The lowest BCUT2D eigenvalue weighted by Gasteiger charge is -2.61. The van der Waals surface area contributed by atoms with Crippen molar-refractivity contribution in [3.05, 3.63) is 107 Å². The molecule has 0 aromatic heterocycles. The van der Waals surface area contributed by atoms with Gasteiger partial charge in [-0.15, -0.1) is 0 Å². The molecule has 5 aliphatic rings. The predicted molar refractivity (Wildman–Crippen MR) is 364 cm³/mol. The predicted octanol–water partition coefficient (Wildman–Crippen LogP) is 5.11. The van der Waals surface area contributed by atoms with E-state index in [0.717, 1.165) is 34.7 Å². The number of unbranched alkanes of at least 4 members (excludes halogenated alkanes) is 2. The number of ketones is 1. The third kappa shape index (κ3) is 19.3. The number of amidine groups is 2. The molecule has 98 heavy (non-hydrogen) atoms. The second-order valence-corrected chi connectivity index (χ2v) is 25.3. The number of nitrogen functional groups attached to an aromatic ring is 1. The number of hydrogen-bond donors (Lipinski definition) is 9. The minimum absolute atomic E-state index is 0.00102. The molecule has 0 saturated carbocycles. The van der Waals surface area contributed by atoms with Crippen LogP contribution in [-0.2, 0) is 59.5 Å². The molecule has 3 heterocycles. The fourth-order valence-corrected chi connectivity index (χ4v) is 13.5. The van der Waals surface area contributed by atoms with Gasteiger partial charge in [-0.1, -0.05) is 30.7 Å². The van der Waals surface area contributed by atoms with Crippen molar-refractivity contribution in [3.8, 4) is 23.0 Å². The Kier molecular flexibility index (Phi) is 27.7. The summed E-state index contributed by atoms with van der Waals surface area (Å²) in [6.07, 6.45) is 6.85. The summed E-state index contributed by atoms with van der Waals surface area (Å²) in [5, 5.41) is 40.4. The third-order valence-electron chi connectivity index (χ3n) is 18.7.